The Morgan fingerprint density at radius 3 is 2.40 bits per heavy atom. The first kappa shape index (κ1) is 10.3. The molecule has 0 aliphatic heterocycles. The lowest BCUT2D eigenvalue weighted by Gasteiger charge is -2.03. The highest BCUT2D eigenvalue weighted by molar-refractivity contribution is 5.96. The van der Waals surface area contributed by atoms with Gasteiger partial charge in [-0.05, 0) is 24.5 Å². The summed E-state index contributed by atoms with van der Waals surface area (Å²) in [5, 5.41) is 0. The van der Waals surface area contributed by atoms with Crippen LogP contribution in [0.5, 0.6) is 0 Å². The Morgan fingerprint density at radius 2 is 1.87 bits per heavy atom. The molecule has 1 aromatic carbocycles. The van der Waals surface area contributed by atoms with Crippen LogP contribution >= 0.6 is 0 Å². The fourth-order valence-corrected chi connectivity index (χ4v) is 1.63. The highest BCUT2D eigenvalue weighted by Gasteiger charge is 2.24. The van der Waals surface area contributed by atoms with Crippen LogP contribution in [0.3, 0.4) is 0 Å². The van der Waals surface area contributed by atoms with Gasteiger partial charge in [0.25, 0.3) is 0 Å². The Morgan fingerprint density at radius 1 is 1.27 bits per heavy atom. The average molecular weight is 210 g/mol. The molecule has 1 fully saturated rings. The zero-order valence-electron chi connectivity index (χ0n) is 8.30. The summed E-state index contributed by atoms with van der Waals surface area (Å²) in [6.45, 7) is 0. The van der Waals surface area contributed by atoms with Gasteiger partial charge >= 0.3 is 0 Å². The van der Waals surface area contributed by atoms with Crippen molar-refractivity contribution in [1.82, 2.24) is 0 Å². The molecule has 3 heteroatoms. The second-order valence-corrected chi connectivity index (χ2v) is 4.00. The molecule has 1 nitrogen and oxygen atoms in total. The molecule has 0 heterocycles. The van der Waals surface area contributed by atoms with Crippen molar-refractivity contribution in [2.75, 3.05) is 0 Å². The van der Waals surface area contributed by atoms with Crippen molar-refractivity contribution < 1.29 is 13.6 Å². The van der Waals surface area contributed by atoms with Crippen LogP contribution in [0.1, 0.15) is 36.0 Å². The Balaban J connectivity index is 2.09. The summed E-state index contributed by atoms with van der Waals surface area (Å²) >= 11 is 0. The van der Waals surface area contributed by atoms with Gasteiger partial charge in [-0.3, -0.25) is 4.79 Å². The predicted molar refractivity (Wildman–Crippen MR) is 52.6 cm³/mol. The number of hydrogen-bond acceptors (Lipinski definition) is 1. The first-order valence-corrected chi connectivity index (χ1v) is 5.15. The maximum atomic E-state index is 13.2. The van der Waals surface area contributed by atoms with Crippen molar-refractivity contribution in [2.45, 2.75) is 25.7 Å². The molecule has 15 heavy (non-hydrogen) atoms. The molecule has 0 radical (unpaired) electrons. The lowest BCUT2D eigenvalue weighted by molar-refractivity contribution is 0.0970. The molecule has 1 saturated carbocycles. The summed E-state index contributed by atoms with van der Waals surface area (Å²) in [6, 6.07) is 3.50. The summed E-state index contributed by atoms with van der Waals surface area (Å²) in [7, 11) is 0. The van der Waals surface area contributed by atoms with Crippen LogP contribution in [-0.2, 0) is 0 Å². The summed E-state index contributed by atoms with van der Waals surface area (Å²) in [4.78, 5) is 11.5. The quantitative estimate of drug-likeness (QED) is 0.696. The molecular formula is C12H12F2O. The van der Waals surface area contributed by atoms with E-state index in [0.717, 1.165) is 31.4 Å². The number of carbonyl (C=O) groups is 1. The molecule has 0 bridgehead atoms. The molecule has 1 aliphatic rings. The zero-order chi connectivity index (χ0) is 10.8. The molecule has 1 aromatic rings. The molecular weight excluding hydrogens is 198 g/mol. The van der Waals surface area contributed by atoms with E-state index in [9.17, 15) is 13.6 Å². The number of hydrogen-bond donors (Lipinski definition) is 0. The molecule has 0 N–H and O–H groups in total. The molecule has 0 atom stereocenters. The first-order valence-electron chi connectivity index (χ1n) is 5.15. The van der Waals surface area contributed by atoms with E-state index in [2.05, 4.69) is 0 Å². The van der Waals surface area contributed by atoms with E-state index in [-0.39, 0.29) is 12.0 Å². The van der Waals surface area contributed by atoms with Gasteiger partial charge in [0.2, 0.25) is 0 Å². The van der Waals surface area contributed by atoms with E-state index in [1.807, 2.05) is 0 Å². The molecule has 80 valence electrons. The third kappa shape index (κ3) is 2.41. The van der Waals surface area contributed by atoms with Crippen molar-refractivity contribution in [3.8, 4) is 0 Å². The van der Waals surface area contributed by atoms with Gasteiger partial charge in [0.15, 0.2) is 5.78 Å². The van der Waals surface area contributed by atoms with Gasteiger partial charge in [-0.15, -0.1) is 0 Å². The van der Waals surface area contributed by atoms with Crippen molar-refractivity contribution in [3.63, 3.8) is 0 Å². The van der Waals surface area contributed by atoms with Crippen LogP contribution in [0, 0.1) is 17.6 Å². The second kappa shape index (κ2) is 4.09. The number of halogens is 2. The monoisotopic (exact) mass is 210 g/mol. The van der Waals surface area contributed by atoms with Crippen molar-refractivity contribution >= 4 is 5.78 Å². The van der Waals surface area contributed by atoms with Crippen molar-refractivity contribution in [2.24, 2.45) is 5.92 Å². The highest BCUT2D eigenvalue weighted by atomic mass is 19.1. The molecule has 1 aliphatic carbocycles. The summed E-state index contributed by atoms with van der Waals surface area (Å²) in [5.74, 6) is -1.33. The SMILES string of the molecule is O=C(CCC1CC1)c1c(F)cccc1F. The van der Waals surface area contributed by atoms with Gasteiger partial charge in [0.1, 0.15) is 11.6 Å². The minimum absolute atomic E-state index is 0.252. The van der Waals surface area contributed by atoms with Gasteiger partial charge in [0, 0.05) is 6.42 Å². The summed E-state index contributed by atoms with van der Waals surface area (Å²) in [6.07, 6.45) is 3.30. The summed E-state index contributed by atoms with van der Waals surface area (Å²) in [5.41, 5.74) is -0.377. The maximum absolute atomic E-state index is 13.2. The highest BCUT2D eigenvalue weighted by Crippen LogP contribution is 2.34. The van der Waals surface area contributed by atoms with Gasteiger partial charge in [0.05, 0.1) is 5.56 Å². The number of carbonyl (C=O) groups excluding carboxylic acids is 1. The molecule has 0 amide bonds. The topological polar surface area (TPSA) is 17.1 Å². The van der Waals surface area contributed by atoms with E-state index in [1.54, 1.807) is 0 Å². The number of Topliss-reactive ketones (excluding diaryl/α,β-unsaturated/α-hetero) is 1. The van der Waals surface area contributed by atoms with Crippen molar-refractivity contribution in [3.05, 3.63) is 35.4 Å². The van der Waals surface area contributed by atoms with Crippen LogP contribution in [-0.4, -0.2) is 5.78 Å². The Bertz CT molecular complexity index is 363. The summed E-state index contributed by atoms with van der Waals surface area (Å²) < 4.78 is 26.4. The first-order chi connectivity index (χ1) is 7.18. The van der Waals surface area contributed by atoms with Crippen LogP contribution in [0.15, 0.2) is 18.2 Å². The Kier molecular flexibility index (Phi) is 2.80. The minimum Gasteiger partial charge on any atom is -0.294 e. The van der Waals surface area contributed by atoms with E-state index < -0.39 is 17.4 Å². The predicted octanol–water partition coefficient (Wildman–Crippen LogP) is 3.34. The van der Waals surface area contributed by atoms with Crippen LogP contribution in [0.25, 0.3) is 0 Å². The lowest BCUT2D eigenvalue weighted by atomic mass is 10.0. The number of rotatable bonds is 4. The largest absolute Gasteiger partial charge is 0.294 e. The molecule has 0 spiro atoms. The van der Waals surface area contributed by atoms with E-state index in [1.165, 1.54) is 6.07 Å². The van der Waals surface area contributed by atoms with E-state index in [4.69, 9.17) is 0 Å². The third-order valence-corrected chi connectivity index (χ3v) is 2.72. The number of ketones is 1. The number of benzene rings is 1. The third-order valence-electron chi connectivity index (χ3n) is 2.72. The Labute approximate surface area is 87.1 Å². The van der Waals surface area contributed by atoms with E-state index in [0.29, 0.717) is 5.92 Å². The minimum atomic E-state index is -0.754. The van der Waals surface area contributed by atoms with Gasteiger partial charge in [-0.25, -0.2) is 8.78 Å². The normalized spacial score (nSPS) is 15.3. The van der Waals surface area contributed by atoms with Gasteiger partial charge in [-0.1, -0.05) is 18.9 Å². The molecule has 0 aromatic heterocycles. The van der Waals surface area contributed by atoms with Crippen molar-refractivity contribution in [1.29, 1.82) is 0 Å². The lowest BCUT2D eigenvalue weighted by Crippen LogP contribution is -2.06. The smallest absolute Gasteiger partial charge is 0.168 e. The molecule has 2 rings (SSSR count). The van der Waals surface area contributed by atoms with Crippen LogP contribution in [0.4, 0.5) is 8.78 Å². The standard InChI is InChI=1S/C12H12F2O/c13-9-2-1-3-10(14)12(9)11(15)7-6-8-4-5-8/h1-3,8H,4-7H2. The van der Waals surface area contributed by atoms with Crippen LogP contribution in [0.2, 0.25) is 0 Å². The molecule has 0 unspecified atom stereocenters. The van der Waals surface area contributed by atoms with E-state index >= 15 is 0 Å². The fraction of sp³-hybridized carbons (Fsp3) is 0.417. The Hall–Kier alpha value is -1.25. The maximum Gasteiger partial charge on any atom is 0.168 e. The average Bonchev–Trinajstić information content (AvgIpc) is 2.97. The zero-order valence-corrected chi connectivity index (χ0v) is 8.30. The molecule has 0 saturated heterocycles. The van der Waals surface area contributed by atoms with Gasteiger partial charge < -0.3 is 0 Å². The van der Waals surface area contributed by atoms with Crippen LogP contribution < -0.4 is 0 Å². The second-order valence-electron chi connectivity index (χ2n) is 4.00. The fourth-order valence-electron chi connectivity index (χ4n) is 1.63. The van der Waals surface area contributed by atoms with Gasteiger partial charge in [-0.2, -0.15) is 0 Å².